The van der Waals surface area contributed by atoms with Crippen molar-refractivity contribution in [2.24, 2.45) is 0 Å². The topological polar surface area (TPSA) is 75.7 Å². The molecule has 0 saturated heterocycles. The van der Waals surface area contributed by atoms with Crippen LogP contribution in [0.25, 0.3) is 0 Å². The fourth-order valence-electron chi connectivity index (χ4n) is 3.23. The van der Waals surface area contributed by atoms with Gasteiger partial charge in [0.15, 0.2) is 0 Å². The van der Waals surface area contributed by atoms with Gasteiger partial charge in [-0.15, -0.1) is 0 Å². The van der Waals surface area contributed by atoms with Gasteiger partial charge in [-0.1, -0.05) is 51.1 Å². The van der Waals surface area contributed by atoms with E-state index in [-0.39, 0.29) is 24.5 Å². The normalized spacial score (nSPS) is 12.1. The lowest BCUT2D eigenvalue weighted by atomic mass is 9.87. The number of para-hydroxylation sites is 1. The summed E-state index contributed by atoms with van der Waals surface area (Å²) >= 11 is 0. The summed E-state index contributed by atoms with van der Waals surface area (Å²) in [4.78, 5) is 39.4. The Hall–Kier alpha value is -3.15. The van der Waals surface area contributed by atoms with E-state index in [2.05, 4.69) is 26.1 Å². The molecule has 0 unspecified atom stereocenters. The fourth-order valence-corrected chi connectivity index (χ4v) is 3.23. The molecule has 0 aliphatic rings. The Morgan fingerprint density at radius 1 is 1.03 bits per heavy atom. The Morgan fingerprint density at radius 3 is 2.19 bits per heavy atom. The maximum Gasteiger partial charge on any atom is 0.328 e. The lowest BCUT2D eigenvalue weighted by molar-refractivity contribution is -0.145. The average Bonchev–Trinajstić information content (AvgIpc) is 2.73. The van der Waals surface area contributed by atoms with Gasteiger partial charge >= 0.3 is 5.97 Å². The fraction of sp³-hybridized carbons (Fsp3) is 0.400. The second-order valence-corrected chi connectivity index (χ2v) is 8.49. The number of benzene rings is 2. The summed E-state index contributed by atoms with van der Waals surface area (Å²) in [6, 6.07) is 13.8. The SMILES string of the molecule is CCOC(=O)[C@H](C)N(C(=O)CNC(=O)c1ccc(C(C)(C)C)cc1)c1ccccc1C. The molecule has 0 fully saturated rings. The summed E-state index contributed by atoms with van der Waals surface area (Å²) in [5, 5.41) is 2.67. The van der Waals surface area contributed by atoms with Gasteiger partial charge in [0.25, 0.3) is 5.91 Å². The maximum absolute atomic E-state index is 13.1. The highest BCUT2D eigenvalue weighted by Gasteiger charge is 2.29. The zero-order valence-electron chi connectivity index (χ0n) is 19.2. The Morgan fingerprint density at radius 2 is 1.65 bits per heavy atom. The van der Waals surface area contributed by atoms with E-state index in [0.29, 0.717) is 11.3 Å². The Balaban J connectivity index is 2.17. The number of hydrogen-bond donors (Lipinski definition) is 1. The summed E-state index contributed by atoms with van der Waals surface area (Å²) in [5.74, 6) is -1.24. The van der Waals surface area contributed by atoms with E-state index in [9.17, 15) is 14.4 Å². The minimum atomic E-state index is -0.823. The van der Waals surface area contributed by atoms with Crippen LogP contribution in [0, 0.1) is 6.92 Å². The van der Waals surface area contributed by atoms with Gasteiger partial charge in [0.1, 0.15) is 6.04 Å². The van der Waals surface area contributed by atoms with Gasteiger partial charge in [-0.25, -0.2) is 4.79 Å². The number of carbonyl (C=O) groups is 3. The Labute approximate surface area is 184 Å². The van der Waals surface area contributed by atoms with Crippen molar-refractivity contribution < 1.29 is 19.1 Å². The first-order chi connectivity index (χ1) is 14.6. The molecule has 0 saturated carbocycles. The zero-order chi connectivity index (χ0) is 23.2. The molecule has 0 heterocycles. The molecule has 2 amide bonds. The van der Waals surface area contributed by atoms with Crippen LogP contribution in [0.3, 0.4) is 0 Å². The lowest BCUT2D eigenvalue weighted by Crippen LogP contribution is -2.48. The van der Waals surface area contributed by atoms with Crippen molar-refractivity contribution in [1.29, 1.82) is 0 Å². The maximum atomic E-state index is 13.1. The number of anilines is 1. The highest BCUT2D eigenvalue weighted by atomic mass is 16.5. The van der Waals surface area contributed by atoms with Crippen molar-refractivity contribution in [1.82, 2.24) is 5.32 Å². The summed E-state index contributed by atoms with van der Waals surface area (Å²) in [7, 11) is 0. The minimum absolute atomic E-state index is 0.0117. The van der Waals surface area contributed by atoms with Gasteiger partial charge in [0.2, 0.25) is 5.91 Å². The number of amides is 2. The van der Waals surface area contributed by atoms with Gasteiger partial charge < -0.3 is 10.1 Å². The number of esters is 1. The molecule has 0 aliphatic heterocycles. The second-order valence-electron chi connectivity index (χ2n) is 8.49. The van der Waals surface area contributed by atoms with Crippen LogP contribution in [0.15, 0.2) is 48.5 Å². The van der Waals surface area contributed by atoms with Crippen molar-refractivity contribution in [3.8, 4) is 0 Å². The van der Waals surface area contributed by atoms with Gasteiger partial charge in [0.05, 0.1) is 13.2 Å². The second kappa shape index (κ2) is 10.2. The lowest BCUT2D eigenvalue weighted by Gasteiger charge is -2.29. The summed E-state index contributed by atoms with van der Waals surface area (Å²) in [5.41, 5.74) is 3.03. The molecule has 2 aromatic rings. The molecular weight excluding hydrogens is 392 g/mol. The highest BCUT2D eigenvalue weighted by molar-refractivity contribution is 6.03. The summed E-state index contributed by atoms with van der Waals surface area (Å²) in [6.07, 6.45) is 0. The third-order valence-corrected chi connectivity index (χ3v) is 5.07. The molecule has 31 heavy (non-hydrogen) atoms. The van der Waals surface area contributed by atoms with Crippen molar-refractivity contribution in [3.63, 3.8) is 0 Å². The quantitative estimate of drug-likeness (QED) is 0.682. The number of nitrogens with one attached hydrogen (secondary N) is 1. The van der Waals surface area contributed by atoms with Gasteiger partial charge in [0, 0.05) is 11.3 Å². The van der Waals surface area contributed by atoms with E-state index >= 15 is 0 Å². The van der Waals surface area contributed by atoms with Crippen LogP contribution < -0.4 is 10.2 Å². The largest absolute Gasteiger partial charge is 0.464 e. The number of nitrogens with zero attached hydrogens (tertiary/aromatic N) is 1. The molecule has 0 aliphatic carbocycles. The number of carbonyl (C=O) groups excluding carboxylic acids is 3. The molecule has 0 radical (unpaired) electrons. The first kappa shape index (κ1) is 24.1. The predicted molar refractivity (Wildman–Crippen MR) is 122 cm³/mol. The predicted octanol–water partition coefficient (Wildman–Crippen LogP) is 4.01. The molecular formula is C25H32N2O4. The highest BCUT2D eigenvalue weighted by Crippen LogP contribution is 2.23. The van der Waals surface area contributed by atoms with E-state index in [1.54, 1.807) is 38.1 Å². The smallest absolute Gasteiger partial charge is 0.328 e. The van der Waals surface area contributed by atoms with Crippen LogP contribution in [0.4, 0.5) is 5.69 Å². The molecule has 1 N–H and O–H groups in total. The van der Waals surface area contributed by atoms with Crippen LogP contribution in [-0.2, 0) is 19.7 Å². The van der Waals surface area contributed by atoms with Crippen molar-refractivity contribution in [2.75, 3.05) is 18.1 Å². The number of ether oxygens (including phenoxy) is 1. The first-order valence-electron chi connectivity index (χ1n) is 10.5. The average molecular weight is 425 g/mol. The van der Waals surface area contributed by atoms with Crippen molar-refractivity contribution >= 4 is 23.5 Å². The molecule has 0 bridgehead atoms. The zero-order valence-corrected chi connectivity index (χ0v) is 19.2. The third-order valence-electron chi connectivity index (χ3n) is 5.07. The minimum Gasteiger partial charge on any atom is -0.464 e. The van der Waals surface area contributed by atoms with Crippen LogP contribution in [0.2, 0.25) is 0 Å². The van der Waals surface area contributed by atoms with Gasteiger partial charge in [-0.2, -0.15) is 0 Å². The summed E-state index contributed by atoms with van der Waals surface area (Å²) < 4.78 is 5.11. The number of hydrogen-bond acceptors (Lipinski definition) is 4. The molecule has 1 atom stereocenters. The molecule has 2 aromatic carbocycles. The van der Waals surface area contributed by atoms with Crippen LogP contribution >= 0.6 is 0 Å². The third kappa shape index (κ3) is 6.17. The first-order valence-corrected chi connectivity index (χ1v) is 10.5. The van der Waals surface area contributed by atoms with Crippen LogP contribution in [0.5, 0.6) is 0 Å². The van der Waals surface area contributed by atoms with E-state index in [1.165, 1.54) is 4.90 Å². The molecule has 0 spiro atoms. The van der Waals surface area contributed by atoms with Crippen molar-refractivity contribution in [3.05, 3.63) is 65.2 Å². The molecule has 166 valence electrons. The van der Waals surface area contributed by atoms with Crippen molar-refractivity contribution in [2.45, 2.75) is 53.0 Å². The summed E-state index contributed by atoms with van der Waals surface area (Å²) in [6.45, 7) is 11.5. The van der Waals surface area contributed by atoms with Gasteiger partial charge in [-0.05, 0) is 55.5 Å². The number of rotatable bonds is 7. The molecule has 6 heteroatoms. The molecule has 0 aromatic heterocycles. The van der Waals surface area contributed by atoms with Gasteiger partial charge in [-0.3, -0.25) is 14.5 Å². The van der Waals surface area contributed by atoms with E-state index in [1.807, 2.05) is 31.2 Å². The van der Waals surface area contributed by atoms with E-state index < -0.39 is 17.9 Å². The van der Waals surface area contributed by atoms with E-state index in [0.717, 1.165) is 11.1 Å². The Bertz CT molecular complexity index is 929. The Kier molecular flexibility index (Phi) is 7.97. The monoisotopic (exact) mass is 424 g/mol. The number of aryl methyl sites for hydroxylation is 1. The molecule has 2 rings (SSSR count). The van der Waals surface area contributed by atoms with Crippen LogP contribution in [0.1, 0.15) is 56.1 Å². The van der Waals surface area contributed by atoms with Crippen LogP contribution in [-0.4, -0.2) is 37.0 Å². The van der Waals surface area contributed by atoms with E-state index in [4.69, 9.17) is 4.74 Å². The standard InChI is InChI=1S/C25H32N2O4/c1-7-31-24(30)18(3)27(21-11-9-8-10-17(21)2)22(28)16-26-23(29)19-12-14-20(15-13-19)25(4,5)6/h8-15,18H,7,16H2,1-6H3,(H,26,29)/t18-/m0/s1. The molecule has 6 nitrogen and oxygen atoms in total.